The van der Waals surface area contributed by atoms with Crippen LogP contribution < -0.4 is 5.32 Å². The van der Waals surface area contributed by atoms with Gasteiger partial charge in [0.25, 0.3) is 5.91 Å². The molecule has 0 aliphatic heterocycles. The molecule has 4 rings (SSSR count). The highest BCUT2D eigenvalue weighted by molar-refractivity contribution is 6.03. The third-order valence-electron chi connectivity index (χ3n) is 4.53. The van der Waals surface area contributed by atoms with Crippen LogP contribution in [0.1, 0.15) is 10.5 Å². The van der Waals surface area contributed by atoms with E-state index in [1.54, 1.807) is 6.07 Å². The molecule has 1 amide bonds. The molecule has 0 atom stereocenters. The number of carbonyl (C=O) groups excluding carboxylic acids is 1. The summed E-state index contributed by atoms with van der Waals surface area (Å²) < 4.78 is 1.95. The van der Waals surface area contributed by atoms with E-state index >= 15 is 0 Å². The van der Waals surface area contributed by atoms with Crippen LogP contribution in [0.15, 0.2) is 72.9 Å². The third kappa shape index (κ3) is 3.41. The predicted molar refractivity (Wildman–Crippen MR) is 108 cm³/mol. The van der Waals surface area contributed by atoms with E-state index in [1.165, 1.54) is 6.20 Å². The Balaban J connectivity index is 1.92. The lowest BCUT2D eigenvalue weighted by Gasteiger charge is -2.11. The van der Waals surface area contributed by atoms with Gasteiger partial charge in [0.15, 0.2) is 11.4 Å². The number of aromatic nitrogens is 2. The SMILES string of the molecule is O=C(O)CNC(=O)c1ncc2c(cc(-c3ccccc3)n2-c2ccccc2)c1O. The van der Waals surface area contributed by atoms with Crippen LogP contribution in [0.2, 0.25) is 0 Å². The molecule has 29 heavy (non-hydrogen) atoms. The average molecular weight is 387 g/mol. The molecule has 0 aliphatic rings. The number of benzene rings is 2. The zero-order valence-electron chi connectivity index (χ0n) is 15.2. The maximum Gasteiger partial charge on any atom is 0.322 e. The van der Waals surface area contributed by atoms with Gasteiger partial charge in [-0.2, -0.15) is 0 Å². The molecule has 0 radical (unpaired) electrons. The van der Waals surface area contributed by atoms with E-state index in [4.69, 9.17) is 5.11 Å². The summed E-state index contributed by atoms with van der Waals surface area (Å²) in [6.45, 7) is -0.557. The summed E-state index contributed by atoms with van der Waals surface area (Å²) in [7, 11) is 0. The zero-order chi connectivity index (χ0) is 20.4. The lowest BCUT2D eigenvalue weighted by molar-refractivity contribution is -0.135. The Hall–Kier alpha value is -4.13. The molecule has 0 aliphatic carbocycles. The Kier molecular flexibility index (Phi) is 4.70. The molecule has 0 spiro atoms. The van der Waals surface area contributed by atoms with Gasteiger partial charge in [0.2, 0.25) is 0 Å². The van der Waals surface area contributed by atoms with E-state index in [0.29, 0.717) is 10.9 Å². The fourth-order valence-corrected chi connectivity index (χ4v) is 3.24. The van der Waals surface area contributed by atoms with Crippen LogP contribution in [-0.2, 0) is 4.79 Å². The summed E-state index contributed by atoms with van der Waals surface area (Å²) in [6.07, 6.45) is 1.50. The molecular formula is C22H17N3O4. The number of hydrogen-bond donors (Lipinski definition) is 3. The summed E-state index contributed by atoms with van der Waals surface area (Å²) >= 11 is 0. The fourth-order valence-electron chi connectivity index (χ4n) is 3.24. The molecule has 0 saturated carbocycles. The lowest BCUT2D eigenvalue weighted by Crippen LogP contribution is -2.29. The minimum atomic E-state index is -1.18. The normalized spacial score (nSPS) is 10.8. The molecule has 0 bridgehead atoms. The summed E-state index contributed by atoms with van der Waals surface area (Å²) in [4.78, 5) is 27.0. The maximum atomic E-state index is 12.2. The van der Waals surface area contributed by atoms with Crippen molar-refractivity contribution < 1.29 is 19.8 Å². The fraction of sp³-hybridized carbons (Fsp3) is 0.0455. The second-order valence-electron chi connectivity index (χ2n) is 6.40. The summed E-state index contributed by atoms with van der Waals surface area (Å²) in [5.41, 5.74) is 3.05. The van der Waals surface area contributed by atoms with Crippen LogP contribution in [0.25, 0.3) is 27.8 Å². The summed E-state index contributed by atoms with van der Waals surface area (Å²) in [5, 5.41) is 22.1. The Bertz CT molecular complexity index is 1200. The topological polar surface area (TPSA) is 104 Å². The highest BCUT2D eigenvalue weighted by Crippen LogP contribution is 2.36. The number of para-hydroxylation sites is 1. The van der Waals surface area contributed by atoms with Crippen LogP contribution in [0.4, 0.5) is 0 Å². The van der Waals surface area contributed by atoms with Crippen molar-refractivity contribution in [2.75, 3.05) is 6.54 Å². The highest BCUT2D eigenvalue weighted by Gasteiger charge is 2.21. The van der Waals surface area contributed by atoms with E-state index in [1.807, 2.05) is 65.2 Å². The summed E-state index contributed by atoms with van der Waals surface area (Å²) in [6, 6.07) is 21.1. The first-order valence-corrected chi connectivity index (χ1v) is 8.90. The summed E-state index contributed by atoms with van der Waals surface area (Å²) in [5.74, 6) is -2.22. The van der Waals surface area contributed by atoms with Gasteiger partial charge < -0.3 is 20.1 Å². The number of nitrogens with one attached hydrogen (secondary N) is 1. The van der Waals surface area contributed by atoms with Crippen molar-refractivity contribution in [3.8, 4) is 22.7 Å². The number of aliphatic carboxylic acids is 1. The number of rotatable bonds is 5. The molecule has 0 fully saturated rings. The molecule has 2 aromatic carbocycles. The number of carboxylic acid groups (broad SMARTS) is 1. The lowest BCUT2D eigenvalue weighted by atomic mass is 10.1. The average Bonchev–Trinajstić information content (AvgIpc) is 3.14. The number of carbonyl (C=O) groups is 2. The smallest absolute Gasteiger partial charge is 0.322 e. The highest BCUT2D eigenvalue weighted by atomic mass is 16.4. The number of amides is 1. The predicted octanol–water partition coefficient (Wildman–Crippen LogP) is 3.21. The van der Waals surface area contributed by atoms with Crippen LogP contribution >= 0.6 is 0 Å². The number of nitrogens with zero attached hydrogens (tertiary/aromatic N) is 2. The number of aromatic hydroxyl groups is 1. The van der Waals surface area contributed by atoms with Crippen molar-refractivity contribution in [2.45, 2.75) is 0 Å². The molecule has 0 saturated heterocycles. The molecule has 7 nitrogen and oxygen atoms in total. The maximum absolute atomic E-state index is 12.2. The number of pyridine rings is 1. The Morgan fingerprint density at radius 2 is 1.66 bits per heavy atom. The first-order chi connectivity index (χ1) is 14.1. The molecule has 144 valence electrons. The van der Waals surface area contributed by atoms with Crippen LogP contribution in [0.3, 0.4) is 0 Å². The van der Waals surface area contributed by atoms with E-state index in [2.05, 4.69) is 10.3 Å². The third-order valence-corrected chi connectivity index (χ3v) is 4.53. The van der Waals surface area contributed by atoms with Gasteiger partial charge in [0, 0.05) is 11.1 Å². The van der Waals surface area contributed by atoms with Gasteiger partial charge in [0.05, 0.1) is 17.4 Å². The zero-order valence-corrected chi connectivity index (χ0v) is 15.2. The molecule has 7 heteroatoms. The van der Waals surface area contributed by atoms with Gasteiger partial charge in [-0.25, -0.2) is 4.98 Å². The van der Waals surface area contributed by atoms with Crippen molar-refractivity contribution in [1.82, 2.24) is 14.9 Å². The molecule has 3 N–H and O–H groups in total. The van der Waals surface area contributed by atoms with Crippen molar-refractivity contribution in [3.63, 3.8) is 0 Å². The molecule has 2 aromatic heterocycles. The number of fused-ring (bicyclic) bond motifs is 1. The van der Waals surface area contributed by atoms with E-state index in [9.17, 15) is 14.7 Å². The first kappa shape index (κ1) is 18.2. The monoisotopic (exact) mass is 387 g/mol. The minimum Gasteiger partial charge on any atom is -0.505 e. The Labute approximate surface area is 165 Å². The Morgan fingerprint density at radius 1 is 1.00 bits per heavy atom. The second-order valence-corrected chi connectivity index (χ2v) is 6.40. The van der Waals surface area contributed by atoms with Crippen LogP contribution in [0.5, 0.6) is 5.75 Å². The van der Waals surface area contributed by atoms with Gasteiger partial charge in [-0.05, 0) is 23.8 Å². The van der Waals surface area contributed by atoms with Crippen molar-refractivity contribution >= 4 is 22.8 Å². The van der Waals surface area contributed by atoms with Crippen molar-refractivity contribution in [3.05, 3.63) is 78.6 Å². The second kappa shape index (κ2) is 7.47. The molecule has 4 aromatic rings. The number of carboxylic acids is 1. The van der Waals surface area contributed by atoms with Crippen LogP contribution in [0, 0.1) is 0 Å². The first-order valence-electron chi connectivity index (χ1n) is 8.90. The molecule has 2 heterocycles. The minimum absolute atomic E-state index is 0.219. The quantitative estimate of drug-likeness (QED) is 0.488. The Morgan fingerprint density at radius 3 is 2.31 bits per heavy atom. The largest absolute Gasteiger partial charge is 0.505 e. The van der Waals surface area contributed by atoms with Crippen LogP contribution in [-0.4, -0.2) is 38.2 Å². The standard InChI is InChI=1S/C22H17N3O4/c26-19(27)13-24-22(29)20-21(28)16-11-17(14-7-3-1-4-8-14)25(18(16)12-23-20)15-9-5-2-6-10-15/h1-12,28H,13H2,(H,24,29)(H,26,27). The van der Waals surface area contributed by atoms with E-state index < -0.39 is 18.4 Å². The molecule has 0 unspecified atom stereocenters. The van der Waals surface area contributed by atoms with E-state index in [0.717, 1.165) is 16.9 Å². The van der Waals surface area contributed by atoms with Gasteiger partial charge >= 0.3 is 5.97 Å². The van der Waals surface area contributed by atoms with E-state index in [-0.39, 0.29) is 11.4 Å². The van der Waals surface area contributed by atoms with Gasteiger partial charge in [0.1, 0.15) is 6.54 Å². The van der Waals surface area contributed by atoms with Gasteiger partial charge in [-0.1, -0.05) is 48.5 Å². The van der Waals surface area contributed by atoms with Crippen molar-refractivity contribution in [2.24, 2.45) is 0 Å². The van der Waals surface area contributed by atoms with Gasteiger partial charge in [-0.3, -0.25) is 9.59 Å². The van der Waals surface area contributed by atoms with Crippen molar-refractivity contribution in [1.29, 1.82) is 0 Å². The molecular weight excluding hydrogens is 370 g/mol. The van der Waals surface area contributed by atoms with Gasteiger partial charge in [-0.15, -0.1) is 0 Å². The number of hydrogen-bond acceptors (Lipinski definition) is 4.